The number of H-pyrrole nitrogens is 1. The molecule has 1 aliphatic carbocycles. The molecule has 1 aliphatic rings. The van der Waals surface area contributed by atoms with Crippen LogP contribution < -0.4 is 11.3 Å². The van der Waals surface area contributed by atoms with E-state index in [4.69, 9.17) is 10.5 Å². The van der Waals surface area contributed by atoms with E-state index in [1.807, 2.05) is 30.3 Å². The smallest absolute Gasteiger partial charge is 0.280 e. The summed E-state index contributed by atoms with van der Waals surface area (Å²) in [4.78, 5) is 22.7. The molecule has 8 heteroatoms. The van der Waals surface area contributed by atoms with Crippen LogP contribution in [0.3, 0.4) is 0 Å². The summed E-state index contributed by atoms with van der Waals surface area (Å²) in [6, 6.07) is 9.65. The van der Waals surface area contributed by atoms with Gasteiger partial charge < -0.3 is 20.1 Å². The van der Waals surface area contributed by atoms with Crippen molar-refractivity contribution in [1.82, 2.24) is 19.5 Å². The first-order valence-electron chi connectivity index (χ1n) is 8.75. The van der Waals surface area contributed by atoms with Crippen LogP contribution in [-0.2, 0) is 11.3 Å². The number of nitrogens with zero attached hydrogens (tertiary/aromatic N) is 3. The zero-order valence-corrected chi connectivity index (χ0v) is 14.7. The summed E-state index contributed by atoms with van der Waals surface area (Å²) in [6.07, 6.45) is 1.41. The highest BCUT2D eigenvalue weighted by atomic mass is 16.5. The molecule has 140 valence electrons. The highest BCUT2D eigenvalue weighted by Gasteiger charge is 2.38. The number of rotatable bonds is 5. The van der Waals surface area contributed by atoms with Gasteiger partial charge in [0.15, 0.2) is 11.2 Å². The first kappa shape index (κ1) is 17.4. The predicted octanol–water partition coefficient (Wildman–Crippen LogP) is 1.40. The number of aliphatic hydroxyl groups excluding tert-OH is 1. The number of aliphatic hydroxyl groups is 1. The van der Waals surface area contributed by atoms with Gasteiger partial charge in [0.05, 0.1) is 31.7 Å². The number of nitrogens with one attached hydrogen (secondary N) is 1. The van der Waals surface area contributed by atoms with Gasteiger partial charge in [0.2, 0.25) is 5.95 Å². The number of fused-ring (bicyclic) bond motifs is 1. The summed E-state index contributed by atoms with van der Waals surface area (Å²) in [6.45, 7) is 5.01. The molecular formula is C19H21N5O3. The quantitative estimate of drug-likeness (QED) is 0.587. The summed E-state index contributed by atoms with van der Waals surface area (Å²) >= 11 is 0. The Morgan fingerprint density at radius 3 is 2.93 bits per heavy atom. The Labute approximate surface area is 155 Å². The third kappa shape index (κ3) is 3.24. The van der Waals surface area contributed by atoms with Crippen molar-refractivity contribution < 1.29 is 9.84 Å². The van der Waals surface area contributed by atoms with E-state index in [9.17, 15) is 9.90 Å². The normalized spacial score (nSPS) is 22.6. The number of hydrogen-bond donors (Lipinski definition) is 3. The molecule has 2 aromatic heterocycles. The first-order chi connectivity index (χ1) is 13.0. The zero-order chi connectivity index (χ0) is 19.0. The molecule has 0 amide bonds. The highest BCUT2D eigenvalue weighted by Crippen LogP contribution is 2.40. The molecule has 0 radical (unpaired) electrons. The number of benzene rings is 1. The number of nitrogen functional groups attached to an aromatic ring is 1. The fourth-order valence-electron chi connectivity index (χ4n) is 3.60. The highest BCUT2D eigenvalue weighted by molar-refractivity contribution is 5.70. The van der Waals surface area contributed by atoms with Gasteiger partial charge in [-0.25, -0.2) is 4.98 Å². The SMILES string of the molecule is C=C1[C@H](COCc2ccccc2)[C@@H](O)C[C@@H]1n1cnc2c(=O)[nH]c(N)nc21. The summed E-state index contributed by atoms with van der Waals surface area (Å²) in [5.74, 6) is -0.170. The molecule has 0 unspecified atom stereocenters. The van der Waals surface area contributed by atoms with Crippen molar-refractivity contribution in [3.8, 4) is 0 Å². The third-order valence-corrected chi connectivity index (χ3v) is 5.03. The standard InChI is InChI=1S/C19H21N5O3/c1-11-13(9-27-8-12-5-3-2-4-6-12)15(25)7-14(11)24-10-21-16-17(24)22-19(20)23-18(16)26/h2-6,10,13-15,25H,1,7-9H2,(H3,20,22,23,26)/t13-,14-,15-/m0/s1. The second-order valence-electron chi connectivity index (χ2n) is 6.78. The van der Waals surface area contributed by atoms with Gasteiger partial charge in [0, 0.05) is 5.92 Å². The molecule has 8 nitrogen and oxygen atoms in total. The monoisotopic (exact) mass is 367 g/mol. The second kappa shape index (κ2) is 6.98. The van der Waals surface area contributed by atoms with Gasteiger partial charge in [-0.1, -0.05) is 36.9 Å². The Balaban J connectivity index is 1.51. The van der Waals surface area contributed by atoms with Gasteiger partial charge in [-0.3, -0.25) is 9.78 Å². The average Bonchev–Trinajstić information content (AvgIpc) is 3.18. The molecule has 4 rings (SSSR count). The maximum Gasteiger partial charge on any atom is 0.280 e. The molecule has 1 fully saturated rings. The van der Waals surface area contributed by atoms with Crippen LogP contribution in [0.2, 0.25) is 0 Å². The maximum atomic E-state index is 12.0. The minimum absolute atomic E-state index is 0.0288. The fraction of sp³-hybridized carbons (Fsp3) is 0.316. The van der Waals surface area contributed by atoms with E-state index >= 15 is 0 Å². The van der Waals surface area contributed by atoms with Crippen molar-refractivity contribution in [2.24, 2.45) is 5.92 Å². The van der Waals surface area contributed by atoms with E-state index in [2.05, 4.69) is 21.5 Å². The molecule has 0 spiro atoms. The largest absolute Gasteiger partial charge is 0.392 e. The number of anilines is 1. The van der Waals surface area contributed by atoms with Crippen LogP contribution in [0.25, 0.3) is 11.2 Å². The Morgan fingerprint density at radius 2 is 2.15 bits per heavy atom. The van der Waals surface area contributed by atoms with Gasteiger partial charge in [-0.2, -0.15) is 4.98 Å². The van der Waals surface area contributed by atoms with E-state index in [-0.39, 0.29) is 29.0 Å². The predicted molar refractivity (Wildman–Crippen MR) is 101 cm³/mol. The Kier molecular flexibility index (Phi) is 4.51. The fourth-order valence-corrected chi connectivity index (χ4v) is 3.60. The Bertz CT molecular complexity index is 1030. The van der Waals surface area contributed by atoms with Crippen LogP contribution in [0.1, 0.15) is 18.0 Å². The number of ether oxygens (including phenoxy) is 1. The Morgan fingerprint density at radius 1 is 1.37 bits per heavy atom. The van der Waals surface area contributed by atoms with Crippen LogP contribution in [0.5, 0.6) is 0 Å². The number of nitrogens with two attached hydrogens (primary N) is 1. The third-order valence-electron chi connectivity index (χ3n) is 5.03. The lowest BCUT2D eigenvalue weighted by Crippen LogP contribution is -2.20. The van der Waals surface area contributed by atoms with Crippen molar-refractivity contribution in [3.63, 3.8) is 0 Å². The minimum atomic E-state index is -0.588. The van der Waals surface area contributed by atoms with Gasteiger partial charge in [-0.05, 0) is 17.6 Å². The maximum absolute atomic E-state index is 12.0. The number of imidazole rings is 1. The molecule has 2 heterocycles. The molecule has 3 aromatic rings. The van der Waals surface area contributed by atoms with Crippen LogP contribution in [0, 0.1) is 5.92 Å². The molecule has 0 saturated heterocycles. The van der Waals surface area contributed by atoms with Gasteiger partial charge in [0.1, 0.15) is 0 Å². The van der Waals surface area contributed by atoms with Crippen molar-refractivity contribution in [2.45, 2.75) is 25.2 Å². The van der Waals surface area contributed by atoms with Crippen LogP contribution >= 0.6 is 0 Å². The van der Waals surface area contributed by atoms with E-state index in [0.717, 1.165) is 11.1 Å². The van der Waals surface area contributed by atoms with Crippen LogP contribution in [0.4, 0.5) is 5.95 Å². The molecule has 0 aliphatic heterocycles. The lowest BCUT2D eigenvalue weighted by Gasteiger charge is -2.18. The summed E-state index contributed by atoms with van der Waals surface area (Å²) in [7, 11) is 0. The number of hydrogen-bond acceptors (Lipinski definition) is 6. The van der Waals surface area contributed by atoms with Gasteiger partial charge in [0.25, 0.3) is 5.56 Å². The van der Waals surface area contributed by atoms with E-state index in [0.29, 0.717) is 25.3 Å². The molecule has 4 N–H and O–H groups in total. The molecular weight excluding hydrogens is 346 g/mol. The van der Waals surface area contributed by atoms with E-state index in [1.54, 1.807) is 10.9 Å². The first-order valence-corrected chi connectivity index (χ1v) is 8.75. The van der Waals surface area contributed by atoms with Crippen molar-refractivity contribution in [3.05, 3.63) is 64.7 Å². The molecule has 1 aromatic carbocycles. The number of aromatic amines is 1. The lowest BCUT2D eigenvalue weighted by atomic mass is 10.0. The summed E-state index contributed by atoms with van der Waals surface area (Å²) in [5, 5.41) is 10.5. The van der Waals surface area contributed by atoms with Crippen molar-refractivity contribution in [2.75, 3.05) is 12.3 Å². The average molecular weight is 367 g/mol. The zero-order valence-electron chi connectivity index (χ0n) is 14.7. The van der Waals surface area contributed by atoms with Crippen LogP contribution in [-0.4, -0.2) is 37.3 Å². The molecule has 0 bridgehead atoms. The van der Waals surface area contributed by atoms with Gasteiger partial charge >= 0.3 is 0 Å². The van der Waals surface area contributed by atoms with Crippen molar-refractivity contribution in [1.29, 1.82) is 0 Å². The minimum Gasteiger partial charge on any atom is -0.392 e. The lowest BCUT2D eigenvalue weighted by molar-refractivity contribution is 0.0472. The van der Waals surface area contributed by atoms with E-state index in [1.165, 1.54) is 0 Å². The summed E-state index contributed by atoms with van der Waals surface area (Å²) in [5.41, 5.74) is 7.79. The van der Waals surface area contributed by atoms with E-state index < -0.39 is 6.10 Å². The number of aromatic nitrogens is 4. The second-order valence-corrected chi connectivity index (χ2v) is 6.78. The molecule has 1 saturated carbocycles. The Hall–Kier alpha value is -2.97. The molecule has 27 heavy (non-hydrogen) atoms. The van der Waals surface area contributed by atoms with Crippen molar-refractivity contribution >= 4 is 17.1 Å². The topological polar surface area (TPSA) is 119 Å². The molecule has 3 atom stereocenters. The summed E-state index contributed by atoms with van der Waals surface area (Å²) < 4.78 is 7.55. The van der Waals surface area contributed by atoms with Crippen LogP contribution in [0.15, 0.2) is 53.6 Å². The van der Waals surface area contributed by atoms with Gasteiger partial charge in [-0.15, -0.1) is 0 Å².